The number of carbonyl (C=O) groups excluding carboxylic acids is 1. The van der Waals surface area contributed by atoms with Gasteiger partial charge >= 0.3 is 0 Å². The molecule has 0 N–H and O–H groups in total. The summed E-state index contributed by atoms with van der Waals surface area (Å²) >= 11 is 0. The van der Waals surface area contributed by atoms with E-state index in [2.05, 4.69) is 19.0 Å². The summed E-state index contributed by atoms with van der Waals surface area (Å²) in [7, 11) is 5.86. The fourth-order valence-electron chi connectivity index (χ4n) is 3.26. The van der Waals surface area contributed by atoms with Gasteiger partial charge in [0, 0.05) is 18.2 Å². The summed E-state index contributed by atoms with van der Waals surface area (Å²) in [6.45, 7) is 1.93. The number of carbonyl (C=O) groups is 1. The number of anilines is 1. The van der Waals surface area contributed by atoms with Crippen molar-refractivity contribution in [3.05, 3.63) is 24.3 Å². The highest BCUT2D eigenvalue weighted by Crippen LogP contribution is 2.32. The second-order valence-electron chi connectivity index (χ2n) is 5.84. The van der Waals surface area contributed by atoms with Crippen molar-refractivity contribution < 1.29 is 9.53 Å². The Morgan fingerprint density at radius 1 is 1.19 bits per heavy atom. The first kappa shape index (κ1) is 15.8. The molecule has 0 aromatic heterocycles. The number of amides is 1. The summed E-state index contributed by atoms with van der Waals surface area (Å²) < 4.78 is 5.21. The van der Waals surface area contributed by atoms with E-state index in [4.69, 9.17) is 4.74 Å². The van der Waals surface area contributed by atoms with Gasteiger partial charge in [-0.05, 0) is 57.6 Å². The molecule has 0 aliphatic heterocycles. The highest BCUT2D eigenvalue weighted by molar-refractivity contribution is 5.94. The van der Waals surface area contributed by atoms with Crippen LogP contribution in [-0.2, 0) is 4.79 Å². The van der Waals surface area contributed by atoms with E-state index >= 15 is 0 Å². The Hall–Kier alpha value is -1.55. The van der Waals surface area contributed by atoms with Gasteiger partial charge in [0.1, 0.15) is 5.75 Å². The van der Waals surface area contributed by atoms with E-state index < -0.39 is 0 Å². The Balaban J connectivity index is 2.31. The van der Waals surface area contributed by atoms with Gasteiger partial charge in [-0.3, -0.25) is 4.79 Å². The van der Waals surface area contributed by atoms with Crippen molar-refractivity contribution in [2.24, 2.45) is 0 Å². The standard InChI is InChI=1S/C17H26N2O2/c1-5-17(20)19(13-9-11-14(21-4)12-10-13)16-8-6-7-15(16)18(2)3/h9-12,15-16H,5-8H2,1-4H3. The number of benzene rings is 1. The molecule has 0 saturated heterocycles. The van der Waals surface area contributed by atoms with Crippen molar-refractivity contribution in [3.63, 3.8) is 0 Å². The van der Waals surface area contributed by atoms with Crippen molar-refractivity contribution in [1.29, 1.82) is 0 Å². The predicted molar refractivity (Wildman–Crippen MR) is 85.9 cm³/mol. The number of ether oxygens (including phenoxy) is 1. The Morgan fingerprint density at radius 3 is 2.33 bits per heavy atom. The summed E-state index contributed by atoms with van der Waals surface area (Å²) in [5.41, 5.74) is 0.974. The summed E-state index contributed by atoms with van der Waals surface area (Å²) in [4.78, 5) is 16.7. The number of rotatable bonds is 5. The molecule has 1 saturated carbocycles. The summed E-state index contributed by atoms with van der Waals surface area (Å²) in [5, 5.41) is 0. The molecule has 1 aromatic rings. The van der Waals surface area contributed by atoms with Gasteiger partial charge in [-0.15, -0.1) is 0 Å². The molecule has 0 heterocycles. The van der Waals surface area contributed by atoms with Crippen molar-refractivity contribution >= 4 is 11.6 Å². The zero-order valence-corrected chi connectivity index (χ0v) is 13.5. The first-order valence-electron chi connectivity index (χ1n) is 7.71. The fourth-order valence-corrected chi connectivity index (χ4v) is 3.26. The molecule has 4 heteroatoms. The molecule has 1 fully saturated rings. The molecular formula is C17H26N2O2. The fraction of sp³-hybridized carbons (Fsp3) is 0.588. The van der Waals surface area contributed by atoms with Gasteiger partial charge < -0.3 is 14.5 Å². The third-order valence-electron chi connectivity index (χ3n) is 4.36. The Bertz CT molecular complexity index is 470. The minimum absolute atomic E-state index is 0.193. The zero-order valence-electron chi connectivity index (χ0n) is 13.5. The van der Waals surface area contributed by atoms with Crippen LogP contribution in [0.2, 0.25) is 0 Å². The lowest BCUT2D eigenvalue weighted by molar-refractivity contribution is -0.119. The maximum atomic E-state index is 12.5. The van der Waals surface area contributed by atoms with E-state index in [1.165, 1.54) is 6.42 Å². The Kier molecular flexibility index (Phi) is 5.23. The number of hydrogen-bond acceptors (Lipinski definition) is 3. The largest absolute Gasteiger partial charge is 0.497 e. The lowest BCUT2D eigenvalue weighted by Gasteiger charge is -2.36. The van der Waals surface area contributed by atoms with Gasteiger partial charge in [-0.25, -0.2) is 0 Å². The summed E-state index contributed by atoms with van der Waals surface area (Å²) in [5.74, 6) is 1.01. The molecule has 0 spiro atoms. The van der Waals surface area contributed by atoms with Crippen molar-refractivity contribution in [3.8, 4) is 5.75 Å². The third kappa shape index (κ3) is 3.38. The van der Waals surface area contributed by atoms with Crippen LogP contribution in [0.25, 0.3) is 0 Å². The van der Waals surface area contributed by atoms with Crippen molar-refractivity contribution in [2.75, 3.05) is 26.1 Å². The molecule has 4 nitrogen and oxygen atoms in total. The quantitative estimate of drug-likeness (QED) is 0.836. The lowest BCUT2D eigenvalue weighted by atomic mass is 10.1. The number of methoxy groups -OCH3 is 1. The van der Waals surface area contributed by atoms with E-state index in [1.807, 2.05) is 36.1 Å². The maximum absolute atomic E-state index is 12.5. The summed E-state index contributed by atoms with van der Waals surface area (Å²) in [6, 6.07) is 8.51. The van der Waals surface area contributed by atoms with Gasteiger partial charge in [-0.2, -0.15) is 0 Å². The smallest absolute Gasteiger partial charge is 0.227 e. The van der Waals surface area contributed by atoms with E-state index in [0.29, 0.717) is 12.5 Å². The van der Waals surface area contributed by atoms with Crippen LogP contribution < -0.4 is 9.64 Å². The minimum atomic E-state index is 0.193. The van der Waals surface area contributed by atoms with Crippen LogP contribution >= 0.6 is 0 Å². The third-order valence-corrected chi connectivity index (χ3v) is 4.36. The molecule has 1 aliphatic carbocycles. The van der Waals surface area contributed by atoms with Crippen LogP contribution in [0.5, 0.6) is 5.75 Å². The monoisotopic (exact) mass is 290 g/mol. The molecule has 2 unspecified atom stereocenters. The van der Waals surface area contributed by atoms with Crippen molar-refractivity contribution in [1.82, 2.24) is 4.90 Å². The molecule has 21 heavy (non-hydrogen) atoms. The second-order valence-corrected chi connectivity index (χ2v) is 5.84. The highest BCUT2D eigenvalue weighted by Gasteiger charge is 2.36. The lowest BCUT2D eigenvalue weighted by Crippen LogP contribution is -2.49. The predicted octanol–water partition coefficient (Wildman–Crippen LogP) is 2.92. The molecule has 2 rings (SSSR count). The highest BCUT2D eigenvalue weighted by atomic mass is 16.5. The second kappa shape index (κ2) is 6.94. The topological polar surface area (TPSA) is 32.8 Å². The van der Waals surface area contributed by atoms with Crippen LogP contribution in [0.15, 0.2) is 24.3 Å². The molecule has 0 bridgehead atoms. The normalized spacial score (nSPS) is 21.6. The minimum Gasteiger partial charge on any atom is -0.497 e. The average molecular weight is 290 g/mol. The van der Waals surface area contributed by atoms with Gasteiger partial charge in [0.25, 0.3) is 0 Å². The van der Waals surface area contributed by atoms with Crippen LogP contribution in [-0.4, -0.2) is 44.1 Å². The molecule has 0 radical (unpaired) electrons. The molecule has 2 atom stereocenters. The van der Waals surface area contributed by atoms with Crippen LogP contribution in [0.3, 0.4) is 0 Å². The zero-order chi connectivity index (χ0) is 15.4. The molecule has 1 aliphatic rings. The number of nitrogens with zero attached hydrogens (tertiary/aromatic N) is 2. The molecule has 116 valence electrons. The average Bonchev–Trinajstić information content (AvgIpc) is 2.97. The van der Waals surface area contributed by atoms with Gasteiger partial charge in [0.15, 0.2) is 0 Å². The maximum Gasteiger partial charge on any atom is 0.227 e. The van der Waals surface area contributed by atoms with Crippen LogP contribution in [0, 0.1) is 0 Å². The van der Waals surface area contributed by atoms with E-state index in [9.17, 15) is 4.79 Å². The Morgan fingerprint density at radius 2 is 1.81 bits per heavy atom. The first-order chi connectivity index (χ1) is 10.1. The van der Waals surface area contributed by atoms with E-state index in [1.54, 1.807) is 7.11 Å². The molecule has 1 aromatic carbocycles. The molecule has 1 amide bonds. The van der Waals surface area contributed by atoms with E-state index in [-0.39, 0.29) is 11.9 Å². The van der Waals surface area contributed by atoms with Gasteiger partial charge in [0.05, 0.1) is 13.2 Å². The van der Waals surface area contributed by atoms with Gasteiger partial charge in [0.2, 0.25) is 5.91 Å². The number of likely N-dealkylation sites (N-methyl/N-ethyl adjacent to an activating group) is 1. The van der Waals surface area contributed by atoms with E-state index in [0.717, 1.165) is 24.3 Å². The summed E-state index contributed by atoms with van der Waals surface area (Å²) in [6.07, 6.45) is 3.93. The Labute approximate surface area is 127 Å². The van der Waals surface area contributed by atoms with Crippen molar-refractivity contribution in [2.45, 2.75) is 44.7 Å². The van der Waals surface area contributed by atoms with Crippen LogP contribution in [0.4, 0.5) is 5.69 Å². The molecular weight excluding hydrogens is 264 g/mol. The van der Waals surface area contributed by atoms with Crippen LogP contribution in [0.1, 0.15) is 32.6 Å². The van der Waals surface area contributed by atoms with Gasteiger partial charge in [-0.1, -0.05) is 6.92 Å². The SMILES string of the molecule is CCC(=O)N(c1ccc(OC)cc1)C1CCCC1N(C)C. The first-order valence-corrected chi connectivity index (χ1v) is 7.71. The number of hydrogen-bond donors (Lipinski definition) is 0.